The van der Waals surface area contributed by atoms with Crippen LogP contribution in [0.4, 0.5) is 0 Å². The Balaban J connectivity index is 1.68. The van der Waals surface area contributed by atoms with Crippen molar-refractivity contribution in [1.82, 2.24) is 0 Å². The van der Waals surface area contributed by atoms with Gasteiger partial charge in [-0.15, -0.1) is 0 Å². The molecule has 0 fully saturated rings. The molecule has 0 aromatic heterocycles. The highest BCUT2D eigenvalue weighted by Crippen LogP contribution is 2.52. The minimum atomic E-state index is -0.225. The molecule has 3 unspecified atom stereocenters. The fraction of sp³-hybridized carbons (Fsp3) is 0.130. The molecule has 0 N–H and O–H groups in total. The molecule has 0 bridgehead atoms. The Morgan fingerprint density at radius 3 is 2.32 bits per heavy atom. The van der Waals surface area contributed by atoms with E-state index in [4.69, 9.17) is 4.74 Å². The molecule has 25 heavy (non-hydrogen) atoms. The fourth-order valence-corrected chi connectivity index (χ4v) is 4.17. The summed E-state index contributed by atoms with van der Waals surface area (Å²) in [6.45, 7) is 0. The second-order valence-electron chi connectivity index (χ2n) is 6.65. The largest absolute Gasteiger partial charge is 0.472 e. The van der Waals surface area contributed by atoms with Gasteiger partial charge in [0, 0.05) is 23.3 Å². The van der Waals surface area contributed by atoms with Gasteiger partial charge in [0.25, 0.3) is 0 Å². The molecular formula is C23H17O2+. The molecule has 0 spiro atoms. The lowest BCUT2D eigenvalue weighted by Gasteiger charge is -2.28. The van der Waals surface area contributed by atoms with Gasteiger partial charge in [-0.1, -0.05) is 48.5 Å². The Morgan fingerprint density at radius 1 is 0.800 bits per heavy atom. The Morgan fingerprint density at radius 2 is 1.48 bits per heavy atom. The first-order valence-corrected chi connectivity index (χ1v) is 8.61. The third-order valence-electron chi connectivity index (χ3n) is 5.27. The van der Waals surface area contributed by atoms with Crippen molar-refractivity contribution < 1.29 is 9.53 Å². The average Bonchev–Trinajstić information content (AvgIpc) is 3.04. The summed E-state index contributed by atoms with van der Waals surface area (Å²) >= 11 is 0. The molecule has 5 rings (SSSR count). The van der Waals surface area contributed by atoms with E-state index in [1.807, 2.05) is 60.7 Å². The normalized spacial score (nSPS) is 22.8. The fourth-order valence-electron chi connectivity index (χ4n) is 4.17. The van der Waals surface area contributed by atoms with Crippen molar-refractivity contribution in [1.29, 1.82) is 0 Å². The molecule has 0 amide bonds. The van der Waals surface area contributed by atoms with Crippen molar-refractivity contribution >= 4 is 5.78 Å². The number of hydrogen-bond donors (Lipinski definition) is 0. The minimum absolute atomic E-state index is 0.0267. The lowest BCUT2D eigenvalue weighted by atomic mass is 9.69. The third kappa shape index (κ3) is 2.18. The third-order valence-corrected chi connectivity index (χ3v) is 5.27. The Hall–Kier alpha value is -3.00. The van der Waals surface area contributed by atoms with Crippen molar-refractivity contribution in [3.8, 4) is 5.75 Å². The summed E-state index contributed by atoms with van der Waals surface area (Å²) in [5, 5.41) is 0. The minimum Gasteiger partial charge on any atom is -0.472 e. The molecule has 0 saturated carbocycles. The molecular weight excluding hydrogens is 308 g/mol. The molecule has 1 aliphatic carbocycles. The molecule has 0 radical (unpaired) electrons. The van der Waals surface area contributed by atoms with Crippen molar-refractivity contribution in [2.45, 2.75) is 17.9 Å². The zero-order valence-electron chi connectivity index (χ0n) is 13.6. The van der Waals surface area contributed by atoms with E-state index in [1.165, 1.54) is 0 Å². The van der Waals surface area contributed by atoms with E-state index >= 15 is 0 Å². The second-order valence-corrected chi connectivity index (χ2v) is 6.65. The van der Waals surface area contributed by atoms with Gasteiger partial charge in [0.2, 0.25) is 0 Å². The molecule has 1 aliphatic heterocycles. The summed E-state index contributed by atoms with van der Waals surface area (Å²) in [6.07, 6.45) is 2.07. The molecule has 2 aliphatic rings. The molecule has 1 heterocycles. The van der Waals surface area contributed by atoms with Crippen molar-refractivity contribution in [3.63, 3.8) is 0 Å². The van der Waals surface area contributed by atoms with Gasteiger partial charge >= 0.3 is 0 Å². The highest BCUT2D eigenvalue weighted by Gasteiger charge is 2.51. The number of benzene rings is 3. The van der Waals surface area contributed by atoms with Crippen LogP contribution in [0.5, 0.6) is 5.75 Å². The highest BCUT2D eigenvalue weighted by molar-refractivity contribution is 6.02. The van der Waals surface area contributed by atoms with Gasteiger partial charge in [-0.2, -0.15) is 0 Å². The monoisotopic (exact) mass is 325 g/mol. The summed E-state index contributed by atoms with van der Waals surface area (Å²) in [5.74, 6) is 0.861. The molecule has 2 nitrogen and oxygen atoms in total. The van der Waals surface area contributed by atoms with Crippen LogP contribution in [0.15, 0.2) is 78.9 Å². The molecule has 120 valence electrons. The standard InChI is InChI=1S/C23H17O2/c24-23(15-8-2-1-3-9-15)22-17-11-5-4-10-16(17)14-20-21(22)18-12-6-7-13-19(18)25-20/h1-14,20-22H/q+1. The number of rotatable bonds is 2. The number of ketones is 1. The summed E-state index contributed by atoms with van der Waals surface area (Å²) in [7, 11) is 0. The number of para-hydroxylation sites is 1. The first-order valence-electron chi connectivity index (χ1n) is 8.61. The van der Waals surface area contributed by atoms with Gasteiger partial charge < -0.3 is 4.74 Å². The number of fused-ring (bicyclic) bond motifs is 4. The van der Waals surface area contributed by atoms with Gasteiger partial charge in [-0.3, -0.25) is 4.79 Å². The van der Waals surface area contributed by atoms with E-state index in [0.717, 1.165) is 28.0 Å². The van der Waals surface area contributed by atoms with E-state index in [0.29, 0.717) is 0 Å². The van der Waals surface area contributed by atoms with Crippen molar-refractivity contribution in [3.05, 3.63) is 108 Å². The summed E-state index contributed by atoms with van der Waals surface area (Å²) < 4.78 is 6.18. The zero-order valence-corrected chi connectivity index (χ0v) is 13.6. The quantitative estimate of drug-likeness (QED) is 0.501. The number of Topliss-reactive ketones (excluding diaryl/α,β-unsaturated/α-hetero) is 1. The maximum absolute atomic E-state index is 13.4. The maximum Gasteiger partial charge on any atom is 0.183 e. The van der Waals surface area contributed by atoms with Gasteiger partial charge in [-0.05, 0) is 18.2 Å². The molecule has 3 aromatic carbocycles. The summed E-state index contributed by atoms with van der Waals surface area (Å²) in [5.41, 5.74) is 4.09. The van der Waals surface area contributed by atoms with Gasteiger partial charge in [0.1, 0.15) is 17.2 Å². The second kappa shape index (κ2) is 5.52. The number of carbonyl (C=O) groups is 1. The van der Waals surface area contributed by atoms with E-state index in [2.05, 4.69) is 24.6 Å². The Bertz CT molecular complexity index is 945. The van der Waals surface area contributed by atoms with Crippen LogP contribution < -0.4 is 4.74 Å². The number of carbonyl (C=O) groups excluding carboxylic acids is 1. The summed E-state index contributed by atoms with van der Waals surface area (Å²) in [4.78, 5) is 13.4. The van der Waals surface area contributed by atoms with Crippen molar-refractivity contribution in [2.24, 2.45) is 0 Å². The smallest absolute Gasteiger partial charge is 0.183 e. The van der Waals surface area contributed by atoms with Crippen LogP contribution in [-0.2, 0) is 0 Å². The number of ether oxygens (including phenoxy) is 1. The topological polar surface area (TPSA) is 26.3 Å². The molecule has 3 aromatic rings. The highest BCUT2D eigenvalue weighted by atomic mass is 16.5. The van der Waals surface area contributed by atoms with Crippen molar-refractivity contribution in [2.75, 3.05) is 0 Å². The van der Waals surface area contributed by atoms with Crippen LogP contribution >= 0.6 is 0 Å². The predicted octanol–water partition coefficient (Wildman–Crippen LogP) is 4.76. The Kier molecular flexibility index (Phi) is 3.17. The van der Waals surface area contributed by atoms with Crippen LogP contribution in [0.2, 0.25) is 0 Å². The van der Waals surface area contributed by atoms with Gasteiger partial charge in [0.15, 0.2) is 11.9 Å². The lowest BCUT2D eigenvalue weighted by Crippen LogP contribution is -2.34. The first-order chi connectivity index (χ1) is 12.3. The SMILES string of the molecule is O=C(c1ccccc1)C1c2ccccc2[CH+]C2Oc3ccccc3C21. The van der Waals surface area contributed by atoms with E-state index in [1.54, 1.807) is 0 Å². The predicted molar refractivity (Wildman–Crippen MR) is 97.0 cm³/mol. The lowest BCUT2D eigenvalue weighted by molar-refractivity contribution is 0.0918. The van der Waals surface area contributed by atoms with Gasteiger partial charge in [0.05, 0.1) is 17.9 Å². The average molecular weight is 325 g/mol. The van der Waals surface area contributed by atoms with Crippen LogP contribution in [0.25, 0.3) is 0 Å². The van der Waals surface area contributed by atoms with E-state index in [9.17, 15) is 4.79 Å². The van der Waals surface area contributed by atoms with Crippen LogP contribution in [0.1, 0.15) is 38.9 Å². The van der Waals surface area contributed by atoms with E-state index < -0.39 is 0 Å². The van der Waals surface area contributed by atoms with Crippen LogP contribution in [-0.4, -0.2) is 11.9 Å². The molecule has 0 saturated heterocycles. The summed E-state index contributed by atoms with van der Waals surface area (Å²) in [6, 6.07) is 25.9. The first kappa shape index (κ1) is 14.4. The van der Waals surface area contributed by atoms with Crippen LogP contribution in [0.3, 0.4) is 0 Å². The molecule has 3 atom stereocenters. The Labute approximate surface area is 147 Å². The molecule has 2 heteroatoms. The number of hydrogen-bond acceptors (Lipinski definition) is 2. The zero-order chi connectivity index (χ0) is 16.8. The van der Waals surface area contributed by atoms with Gasteiger partial charge in [-0.25, -0.2) is 0 Å². The van der Waals surface area contributed by atoms with E-state index in [-0.39, 0.29) is 23.7 Å². The maximum atomic E-state index is 13.4. The van der Waals surface area contributed by atoms with Crippen LogP contribution in [0, 0.1) is 6.42 Å².